The van der Waals surface area contributed by atoms with Crippen molar-refractivity contribution in [2.75, 3.05) is 23.8 Å². The van der Waals surface area contributed by atoms with Crippen LogP contribution in [0.15, 0.2) is 18.2 Å². The van der Waals surface area contributed by atoms with E-state index in [0.717, 1.165) is 36.9 Å². The lowest BCUT2D eigenvalue weighted by Crippen LogP contribution is -2.26. The van der Waals surface area contributed by atoms with Crippen molar-refractivity contribution in [2.45, 2.75) is 39.7 Å². The molecule has 1 aliphatic heterocycles. The first kappa shape index (κ1) is 13.1. The van der Waals surface area contributed by atoms with Gasteiger partial charge in [0.15, 0.2) is 0 Å². The van der Waals surface area contributed by atoms with E-state index < -0.39 is 0 Å². The number of nitrogens with two attached hydrogens (primary N) is 1. The quantitative estimate of drug-likeness (QED) is 0.831. The SMILES string of the molecule is CCCOc1cc(N2CC(C)CC2C)ccc1N. The van der Waals surface area contributed by atoms with Gasteiger partial charge in [0, 0.05) is 24.3 Å². The Morgan fingerprint density at radius 3 is 2.78 bits per heavy atom. The molecule has 1 aliphatic rings. The molecule has 0 aromatic heterocycles. The molecule has 2 atom stereocenters. The molecule has 0 bridgehead atoms. The van der Waals surface area contributed by atoms with Gasteiger partial charge in [-0.25, -0.2) is 0 Å². The molecule has 18 heavy (non-hydrogen) atoms. The fourth-order valence-electron chi connectivity index (χ4n) is 2.70. The van der Waals surface area contributed by atoms with Crippen molar-refractivity contribution < 1.29 is 4.74 Å². The minimum Gasteiger partial charge on any atom is -0.491 e. The fraction of sp³-hybridized carbons (Fsp3) is 0.600. The van der Waals surface area contributed by atoms with E-state index in [9.17, 15) is 0 Å². The van der Waals surface area contributed by atoms with E-state index in [2.05, 4.69) is 37.8 Å². The molecule has 2 N–H and O–H groups in total. The van der Waals surface area contributed by atoms with Crippen molar-refractivity contribution >= 4 is 11.4 Å². The van der Waals surface area contributed by atoms with Crippen LogP contribution in [0.25, 0.3) is 0 Å². The van der Waals surface area contributed by atoms with E-state index in [-0.39, 0.29) is 0 Å². The predicted octanol–water partition coefficient (Wildman–Crippen LogP) is 3.29. The van der Waals surface area contributed by atoms with E-state index in [0.29, 0.717) is 6.04 Å². The van der Waals surface area contributed by atoms with Gasteiger partial charge in [-0.3, -0.25) is 0 Å². The Balaban J connectivity index is 2.18. The highest BCUT2D eigenvalue weighted by Gasteiger charge is 2.26. The molecule has 0 saturated carbocycles. The maximum absolute atomic E-state index is 5.95. The van der Waals surface area contributed by atoms with E-state index in [1.165, 1.54) is 12.1 Å². The molecule has 3 nitrogen and oxygen atoms in total. The molecule has 0 amide bonds. The fourth-order valence-corrected chi connectivity index (χ4v) is 2.70. The second-order valence-electron chi connectivity index (χ2n) is 5.41. The van der Waals surface area contributed by atoms with Crippen molar-refractivity contribution in [2.24, 2.45) is 5.92 Å². The molecule has 0 radical (unpaired) electrons. The summed E-state index contributed by atoms with van der Waals surface area (Å²) in [6.45, 7) is 8.54. The van der Waals surface area contributed by atoms with E-state index in [1.54, 1.807) is 0 Å². The minimum absolute atomic E-state index is 0.600. The highest BCUT2D eigenvalue weighted by Crippen LogP contribution is 2.33. The van der Waals surface area contributed by atoms with Crippen LogP contribution in [0.2, 0.25) is 0 Å². The van der Waals surface area contributed by atoms with Crippen LogP contribution < -0.4 is 15.4 Å². The molecule has 0 aliphatic carbocycles. The van der Waals surface area contributed by atoms with Gasteiger partial charge >= 0.3 is 0 Å². The molecule has 1 aromatic rings. The maximum atomic E-state index is 5.95. The number of nitrogen functional groups attached to an aromatic ring is 1. The first-order valence-corrected chi connectivity index (χ1v) is 6.90. The second-order valence-corrected chi connectivity index (χ2v) is 5.41. The molecule has 1 aromatic carbocycles. The summed E-state index contributed by atoms with van der Waals surface area (Å²) in [6.07, 6.45) is 2.26. The van der Waals surface area contributed by atoms with Gasteiger partial charge in [0.1, 0.15) is 5.75 Å². The van der Waals surface area contributed by atoms with Crippen LogP contribution >= 0.6 is 0 Å². The highest BCUT2D eigenvalue weighted by atomic mass is 16.5. The lowest BCUT2D eigenvalue weighted by Gasteiger charge is -2.24. The molecule has 3 heteroatoms. The van der Waals surface area contributed by atoms with Crippen LogP contribution in [0, 0.1) is 5.92 Å². The van der Waals surface area contributed by atoms with Gasteiger partial charge in [0.05, 0.1) is 12.3 Å². The van der Waals surface area contributed by atoms with Gasteiger partial charge in [0.2, 0.25) is 0 Å². The van der Waals surface area contributed by atoms with Crippen molar-refractivity contribution in [1.29, 1.82) is 0 Å². The predicted molar refractivity (Wildman–Crippen MR) is 77.2 cm³/mol. The summed E-state index contributed by atoms with van der Waals surface area (Å²) in [4.78, 5) is 2.45. The van der Waals surface area contributed by atoms with E-state index in [4.69, 9.17) is 10.5 Å². The lowest BCUT2D eigenvalue weighted by molar-refractivity contribution is 0.319. The summed E-state index contributed by atoms with van der Waals surface area (Å²) >= 11 is 0. The van der Waals surface area contributed by atoms with Gasteiger partial charge in [-0.15, -0.1) is 0 Å². The number of hydrogen-bond donors (Lipinski definition) is 1. The Labute approximate surface area is 110 Å². The molecule has 0 spiro atoms. The molecular formula is C15H24N2O. The highest BCUT2D eigenvalue weighted by molar-refractivity contribution is 5.63. The van der Waals surface area contributed by atoms with Crippen LogP contribution in [0.5, 0.6) is 5.75 Å². The summed E-state index contributed by atoms with van der Waals surface area (Å²) in [6, 6.07) is 6.74. The standard InChI is InChI=1S/C15H24N2O/c1-4-7-18-15-9-13(5-6-14(15)16)17-10-11(2)8-12(17)3/h5-6,9,11-12H,4,7-8,10,16H2,1-3H3. The van der Waals surface area contributed by atoms with Crippen LogP contribution in [0.4, 0.5) is 11.4 Å². The number of benzene rings is 1. The zero-order valence-electron chi connectivity index (χ0n) is 11.6. The minimum atomic E-state index is 0.600. The number of ether oxygens (including phenoxy) is 1. The van der Waals surface area contributed by atoms with Crippen molar-refractivity contribution in [1.82, 2.24) is 0 Å². The number of anilines is 2. The third kappa shape index (κ3) is 2.71. The zero-order valence-corrected chi connectivity index (χ0v) is 11.6. The summed E-state index contributed by atoms with van der Waals surface area (Å²) in [5.74, 6) is 1.58. The molecule has 2 unspecified atom stereocenters. The monoisotopic (exact) mass is 248 g/mol. The second kappa shape index (κ2) is 5.51. The number of hydrogen-bond acceptors (Lipinski definition) is 3. The Hall–Kier alpha value is -1.38. The summed E-state index contributed by atoms with van der Waals surface area (Å²) in [5, 5.41) is 0. The summed E-state index contributed by atoms with van der Waals surface area (Å²) in [5.41, 5.74) is 7.90. The number of nitrogens with zero attached hydrogens (tertiary/aromatic N) is 1. The lowest BCUT2D eigenvalue weighted by atomic mass is 10.1. The first-order chi connectivity index (χ1) is 8.61. The summed E-state index contributed by atoms with van der Waals surface area (Å²) < 4.78 is 5.70. The Morgan fingerprint density at radius 2 is 2.17 bits per heavy atom. The zero-order chi connectivity index (χ0) is 13.1. The first-order valence-electron chi connectivity index (χ1n) is 6.90. The average molecular weight is 248 g/mol. The van der Waals surface area contributed by atoms with Crippen molar-refractivity contribution in [3.8, 4) is 5.75 Å². The van der Waals surface area contributed by atoms with Gasteiger partial charge in [-0.2, -0.15) is 0 Å². The van der Waals surface area contributed by atoms with Crippen LogP contribution in [0.3, 0.4) is 0 Å². The normalized spacial score (nSPS) is 23.4. The maximum Gasteiger partial charge on any atom is 0.144 e. The molecular weight excluding hydrogens is 224 g/mol. The Morgan fingerprint density at radius 1 is 1.39 bits per heavy atom. The van der Waals surface area contributed by atoms with Crippen LogP contribution in [0.1, 0.15) is 33.6 Å². The molecule has 1 saturated heterocycles. The Bertz CT molecular complexity index is 405. The van der Waals surface area contributed by atoms with Gasteiger partial charge < -0.3 is 15.4 Å². The number of rotatable bonds is 4. The topological polar surface area (TPSA) is 38.5 Å². The van der Waals surface area contributed by atoms with Crippen molar-refractivity contribution in [3.05, 3.63) is 18.2 Å². The smallest absolute Gasteiger partial charge is 0.144 e. The Kier molecular flexibility index (Phi) is 4.00. The third-order valence-corrected chi connectivity index (χ3v) is 3.57. The van der Waals surface area contributed by atoms with Crippen molar-refractivity contribution in [3.63, 3.8) is 0 Å². The molecule has 1 fully saturated rings. The van der Waals surface area contributed by atoms with Crippen LogP contribution in [-0.2, 0) is 0 Å². The largest absolute Gasteiger partial charge is 0.491 e. The summed E-state index contributed by atoms with van der Waals surface area (Å²) in [7, 11) is 0. The van der Waals surface area contributed by atoms with Gasteiger partial charge in [-0.05, 0) is 37.8 Å². The third-order valence-electron chi connectivity index (χ3n) is 3.57. The van der Waals surface area contributed by atoms with Gasteiger partial charge in [-0.1, -0.05) is 13.8 Å². The average Bonchev–Trinajstić information content (AvgIpc) is 2.67. The van der Waals surface area contributed by atoms with E-state index in [1.807, 2.05) is 6.07 Å². The molecule has 2 rings (SSSR count). The molecule has 100 valence electrons. The van der Waals surface area contributed by atoms with Crippen LogP contribution in [-0.4, -0.2) is 19.2 Å². The van der Waals surface area contributed by atoms with Gasteiger partial charge in [0.25, 0.3) is 0 Å². The van der Waals surface area contributed by atoms with E-state index >= 15 is 0 Å². The molecule has 1 heterocycles.